The van der Waals surface area contributed by atoms with E-state index in [1.807, 2.05) is 0 Å². The molecule has 1 heterocycles. The molecule has 0 aromatic heterocycles. The highest BCUT2D eigenvalue weighted by molar-refractivity contribution is 4.64. The third-order valence-corrected chi connectivity index (χ3v) is 1.29. The summed E-state index contributed by atoms with van der Waals surface area (Å²) in [4.78, 5) is 0. The Kier molecular flexibility index (Phi) is 1.83. The first kappa shape index (κ1) is 6.01. The van der Waals surface area contributed by atoms with Gasteiger partial charge in [-0.05, 0) is 6.42 Å². The van der Waals surface area contributed by atoms with Crippen molar-refractivity contribution in [1.82, 2.24) is 0 Å². The van der Waals surface area contributed by atoms with Gasteiger partial charge in [-0.15, -0.1) is 0 Å². The van der Waals surface area contributed by atoms with Crippen molar-refractivity contribution in [3.05, 3.63) is 0 Å². The molecule has 0 spiro atoms. The smallest absolute Gasteiger partial charge is 0.155 e. The van der Waals surface area contributed by atoms with Crippen LogP contribution >= 0.6 is 0 Å². The standard InChI is InChI=1S/C5H10O3/c6-3-4-1-2-5(7)8-4/h4-7H,1-3H2/t4-,5-/m1/s1. The normalized spacial score (nSPS) is 38.2. The highest BCUT2D eigenvalue weighted by Crippen LogP contribution is 2.16. The maximum atomic E-state index is 8.70. The van der Waals surface area contributed by atoms with Crippen LogP contribution < -0.4 is 0 Å². The van der Waals surface area contributed by atoms with E-state index in [0.29, 0.717) is 6.42 Å². The average molecular weight is 118 g/mol. The molecule has 1 fully saturated rings. The summed E-state index contributed by atoms with van der Waals surface area (Å²) in [5.74, 6) is 0. The molecule has 2 atom stereocenters. The number of aliphatic hydroxyl groups excluding tert-OH is 2. The van der Waals surface area contributed by atoms with Crippen LogP contribution in [0, 0.1) is 0 Å². The quantitative estimate of drug-likeness (QED) is 0.487. The van der Waals surface area contributed by atoms with E-state index in [9.17, 15) is 0 Å². The maximum Gasteiger partial charge on any atom is 0.155 e. The number of ether oxygens (including phenoxy) is 1. The van der Waals surface area contributed by atoms with Crippen LogP contribution in [0.15, 0.2) is 0 Å². The van der Waals surface area contributed by atoms with E-state index in [-0.39, 0.29) is 12.7 Å². The summed E-state index contributed by atoms with van der Waals surface area (Å²) < 4.78 is 4.82. The van der Waals surface area contributed by atoms with Gasteiger partial charge in [0.2, 0.25) is 0 Å². The zero-order chi connectivity index (χ0) is 5.98. The molecule has 0 bridgehead atoms. The van der Waals surface area contributed by atoms with Crippen molar-refractivity contribution >= 4 is 0 Å². The molecule has 0 aromatic carbocycles. The molecule has 0 radical (unpaired) electrons. The van der Waals surface area contributed by atoms with Crippen LogP contribution in [0.5, 0.6) is 0 Å². The van der Waals surface area contributed by atoms with Gasteiger partial charge in [0, 0.05) is 6.42 Å². The molecule has 0 unspecified atom stereocenters. The summed E-state index contributed by atoms with van der Waals surface area (Å²) in [5.41, 5.74) is 0. The minimum Gasteiger partial charge on any atom is -0.394 e. The van der Waals surface area contributed by atoms with Crippen LogP contribution in [0.2, 0.25) is 0 Å². The van der Waals surface area contributed by atoms with E-state index in [1.165, 1.54) is 0 Å². The number of aliphatic hydroxyl groups is 2. The van der Waals surface area contributed by atoms with E-state index in [0.717, 1.165) is 6.42 Å². The molecular formula is C5H10O3. The molecule has 3 heteroatoms. The number of hydrogen-bond acceptors (Lipinski definition) is 3. The summed E-state index contributed by atoms with van der Waals surface area (Å²) >= 11 is 0. The van der Waals surface area contributed by atoms with E-state index >= 15 is 0 Å². The van der Waals surface area contributed by atoms with Crippen LogP contribution in [0.25, 0.3) is 0 Å². The molecule has 8 heavy (non-hydrogen) atoms. The second-order valence-electron chi connectivity index (χ2n) is 1.97. The van der Waals surface area contributed by atoms with Crippen molar-refractivity contribution in [3.63, 3.8) is 0 Å². The fraction of sp³-hybridized carbons (Fsp3) is 1.00. The summed E-state index contributed by atoms with van der Waals surface area (Å²) in [6.07, 6.45) is 0.681. The lowest BCUT2D eigenvalue weighted by Gasteiger charge is -2.04. The molecule has 0 aliphatic carbocycles. The molecule has 0 saturated carbocycles. The second-order valence-corrected chi connectivity index (χ2v) is 1.97. The second kappa shape index (κ2) is 2.44. The van der Waals surface area contributed by atoms with Crippen molar-refractivity contribution in [2.75, 3.05) is 6.61 Å². The molecule has 1 aliphatic rings. The highest BCUT2D eigenvalue weighted by atomic mass is 16.6. The van der Waals surface area contributed by atoms with E-state index in [2.05, 4.69) is 0 Å². The van der Waals surface area contributed by atoms with Crippen LogP contribution in [-0.2, 0) is 4.74 Å². The van der Waals surface area contributed by atoms with Gasteiger partial charge in [0.1, 0.15) is 0 Å². The minimum atomic E-state index is -0.632. The first-order chi connectivity index (χ1) is 3.83. The van der Waals surface area contributed by atoms with Crippen LogP contribution in [0.4, 0.5) is 0 Å². The van der Waals surface area contributed by atoms with Crippen molar-refractivity contribution in [1.29, 1.82) is 0 Å². The molecule has 0 amide bonds. The Bertz CT molecular complexity index is 74.1. The highest BCUT2D eigenvalue weighted by Gasteiger charge is 2.21. The van der Waals surface area contributed by atoms with Gasteiger partial charge in [-0.2, -0.15) is 0 Å². The Labute approximate surface area is 47.9 Å². The van der Waals surface area contributed by atoms with Crippen LogP contribution in [0.1, 0.15) is 12.8 Å². The Balaban J connectivity index is 2.22. The van der Waals surface area contributed by atoms with Crippen molar-refractivity contribution < 1.29 is 14.9 Å². The summed E-state index contributed by atoms with van der Waals surface area (Å²) in [5, 5.41) is 17.1. The molecule has 1 rings (SSSR count). The molecule has 48 valence electrons. The van der Waals surface area contributed by atoms with Crippen molar-refractivity contribution in [3.8, 4) is 0 Å². The topological polar surface area (TPSA) is 49.7 Å². The average Bonchev–Trinajstić information content (AvgIpc) is 2.14. The Hall–Kier alpha value is -0.120. The number of rotatable bonds is 1. The van der Waals surface area contributed by atoms with Gasteiger partial charge in [-0.3, -0.25) is 0 Å². The summed E-state index contributed by atoms with van der Waals surface area (Å²) in [6, 6.07) is 0. The largest absolute Gasteiger partial charge is 0.394 e. The lowest BCUT2D eigenvalue weighted by molar-refractivity contribution is -0.101. The Morgan fingerprint density at radius 1 is 1.50 bits per heavy atom. The van der Waals surface area contributed by atoms with Gasteiger partial charge in [0.05, 0.1) is 12.7 Å². The fourth-order valence-electron chi connectivity index (χ4n) is 0.821. The molecular weight excluding hydrogens is 108 g/mol. The minimum absolute atomic E-state index is 0.0249. The van der Waals surface area contributed by atoms with Crippen LogP contribution in [0.3, 0.4) is 0 Å². The lowest BCUT2D eigenvalue weighted by Crippen LogP contribution is -2.13. The molecule has 1 saturated heterocycles. The van der Waals surface area contributed by atoms with Gasteiger partial charge >= 0.3 is 0 Å². The molecule has 0 aromatic rings. The van der Waals surface area contributed by atoms with E-state index in [4.69, 9.17) is 14.9 Å². The van der Waals surface area contributed by atoms with Gasteiger partial charge in [-0.25, -0.2) is 0 Å². The lowest BCUT2D eigenvalue weighted by atomic mass is 10.2. The first-order valence-corrected chi connectivity index (χ1v) is 2.77. The van der Waals surface area contributed by atoms with Crippen molar-refractivity contribution in [2.24, 2.45) is 0 Å². The zero-order valence-corrected chi connectivity index (χ0v) is 4.58. The summed E-state index contributed by atoms with van der Waals surface area (Å²) in [7, 11) is 0. The molecule has 3 nitrogen and oxygen atoms in total. The third-order valence-electron chi connectivity index (χ3n) is 1.29. The monoisotopic (exact) mass is 118 g/mol. The van der Waals surface area contributed by atoms with Gasteiger partial charge in [-0.1, -0.05) is 0 Å². The maximum absolute atomic E-state index is 8.70. The van der Waals surface area contributed by atoms with Gasteiger partial charge in [0.25, 0.3) is 0 Å². The molecule has 2 N–H and O–H groups in total. The predicted molar refractivity (Wildman–Crippen MR) is 27.2 cm³/mol. The Morgan fingerprint density at radius 3 is 2.50 bits per heavy atom. The zero-order valence-electron chi connectivity index (χ0n) is 4.58. The van der Waals surface area contributed by atoms with Gasteiger partial charge in [0.15, 0.2) is 6.29 Å². The first-order valence-electron chi connectivity index (χ1n) is 2.77. The fourth-order valence-corrected chi connectivity index (χ4v) is 0.821. The van der Waals surface area contributed by atoms with E-state index in [1.54, 1.807) is 0 Å². The molecule has 1 aliphatic heterocycles. The SMILES string of the molecule is OC[C@H]1CC[C@H](O)O1. The van der Waals surface area contributed by atoms with Crippen molar-refractivity contribution in [2.45, 2.75) is 25.2 Å². The summed E-state index contributed by atoms with van der Waals surface area (Å²) in [6.45, 7) is 0.0249. The number of hydrogen-bond donors (Lipinski definition) is 2. The third kappa shape index (κ3) is 1.18. The van der Waals surface area contributed by atoms with Gasteiger partial charge < -0.3 is 14.9 Å². The van der Waals surface area contributed by atoms with E-state index < -0.39 is 6.29 Å². The predicted octanol–water partition coefficient (Wildman–Crippen LogP) is -0.524. The Morgan fingerprint density at radius 2 is 2.25 bits per heavy atom. The van der Waals surface area contributed by atoms with Crippen LogP contribution in [-0.4, -0.2) is 29.2 Å².